The number of nitrogens with zero attached hydrogens (tertiary/aromatic N) is 1. The minimum Gasteiger partial charge on any atom is -0.383 e. The van der Waals surface area contributed by atoms with E-state index >= 15 is 0 Å². The molecule has 0 unspecified atom stereocenters. The van der Waals surface area contributed by atoms with Crippen LogP contribution in [0.4, 0.5) is 5.69 Å². The maximum atomic E-state index is 11.5. The third-order valence-corrected chi connectivity index (χ3v) is 3.59. The standard InChI is InChI=1S/C12H11Br2N3O2/c13-8-1-3-9(4-2-8)15-5-6-17-7-10(14)11(18)16-12(17)19/h1-4,7,15H,5-6H2,(H,16,18,19). The second kappa shape index (κ2) is 6.21. The van der Waals surface area contributed by atoms with Crippen LogP contribution in [0.25, 0.3) is 0 Å². The lowest BCUT2D eigenvalue weighted by molar-refractivity contribution is 0.666. The van der Waals surface area contributed by atoms with Crippen LogP contribution >= 0.6 is 31.9 Å². The molecule has 0 saturated heterocycles. The highest BCUT2D eigenvalue weighted by molar-refractivity contribution is 9.10. The van der Waals surface area contributed by atoms with Gasteiger partial charge in [-0.1, -0.05) is 15.9 Å². The van der Waals surface area contributed by atoms with Crippen LogP contribution in [0.3, 0.4) is 0 Å². The summed E-state index contributed by atoms with van der Waals surface area (Å²) in [6.45, 7) is 1.05. The topological polar surface area (TPSA) is 66.9 Å². The highest BCUT2D eigenvalue weighted by atomic mass is 79.9. The zero-order valence-electron chi connectivity index (χ0n) is 9.82. The van der Waals surface area contributed by atoms with E-state index in [4.69, 9.17) is 0 Å². The summed E-state index contributed by atoms with van der Waals surface area (Å²) in [5.41, 5.74) is 0.146. The molecule has 1 aromatic heterocycles. The van der Waals surface area contributed by atoms with E-state index in [0.717, 1.165) is 10.2 Å². The predicted octanol–water partition coefficient (Wildman–Crippen LogP) is 2.17. The number of nitrogens with one attached hydrogen (secondary N) is 2. The normalized spacial score (nSPS) is 10.4. The van der Waals surface area contributed by atoms with Crippen LogP contribution in [0.15, 0.2) is 49.0 Å². The maximum absolute atomic E-state index is 11.5. The first kappa shape index (κ1) is 14.1. The van der Waals surface area contributed by atoms with Crippen molar-refractivity contribution in [1.82, 2.24) is 9.55 Å². The van der Waals surface area contributed by atoms with Gasteiger partial charge in [0.2, 0.25) is 0 Å². The lowest BCUT2D eigenvalue weighted by Gasteiger charge is -2.08. The molecule has 19 heavy (non-hydrogen) atoms. The Balaban J connectivity index is 2.00. The molecule has 0 radical (unpaired) electrons. The van der Waals surface area contributed by atoms with E-state index in [1.807, 2.05) is 24.3 Å². The van der Waals surface area contributed by atoms with Crippen LogP contribution < -0.4 is 16.6 Å². The van der Waals surface area contributed by atoms with Gasteiger partial charge in [-0.3, -0.25) is 14.3 Å². The van der Waals surface area contributed by atoms with Crippen molar-refractivity contribution in [2.75, 3.05) is 11.9 Å². The molecule has 0 aliphatic heterocycles. The van der Waals surface area contributed by atoms with Crippen LogP contribution in [0.2, 0.25) is 0 Å². The molecule has 0 aliphatic rings. The molecule has 1 aromatic carbocycles. The van der Waals surface area contributed by atoms with Gasteiger partial charge >= 0.3 is 5.69 Å². The van der Waals surface area contributed by atoms with Gasteiger partial charge in [0.25, 0.3) is 5.56 Å². The number of aromatic amines is 1. The van der Waals surface area contributed by atoms with Gasteiger partial charge in [-0.15, -0.1) is 0 Å². The molecule has 5 nitrogen and oxygen atoms in total. The fourth-order valence-electron chi connectivity index (χ4n) is 1.54. The molecule has 2 rings (SSSR count). The second-order valence-electron chi connectivity index (χ2n) is 3.86. The number of aromatic nitrogens is 2. The van der Waals surface area contributed by atoms with E-state index in [-0.39, 0.29) is 0 Å². The maximum Gasteiger partial charge on any atom is 0.328 e. The highest BCUT2D eigenvalue weighted by Gasteiger charge is 2.01. The monoisotopic (exact) mass is 387 g/mol. The number of anilines is 1. The fourth-order valence-corrected chi connectivity index (χ4v) is 2.15. The van der Waals surface area contributed by atoms with Crippen molar-refractivity contribution >= 4 is 37.5 Å². The molecule has 7 heteroatoms. The number of hydrogen-bond donors (Lipinski definition) is 2. The van der Waals surface area contributed by atoms with E-state index < -0.39 is 11.2 Å². The molecule has 0 bridgehead atoms. The van der Waals surface area contributed by atoms with Crippen LogP contribution in [0.1, 0.15) is 0 Å². The van der Waals surface area contributed by atoms with Gasteiger partial charge in [0.15, 0.2) is 0 Å². The number of hydrogen-bond acceptors (Lipinski definition) is 3. The Hall–Kier alpha value is -1.34. The van der Waals surface area contributed by atoms with Gasteiger partial charge in [-0.25, -0.2) is 4.79 Å². The Labute approximate surface area is 125 Å². The van der Waals surface area contributed by atoms with Gasteiger partial charge in [0, 0.05) is 29.4 Å². The summed E-state index contributed by atoms with van der Waals surface area (Å²) in [6.07, 6.45) is 1.49. The zero-order valence-corrected chi connectivity index (χ0v) is 13.0. The van der Waals surface area contributed by atoms with E-state index in [1.54, 1.807) is 0 Å². The van der Waals surface area contributed by atoms with Crippen molar-refractivity contribution in [2.45, 2.75) is 6.54 Å². The molecular formula is C12H11Br2N3O2. The summed E-state index contributed by atoms with van der Waals surface area (Å²) in [5, 5.41) is 3.19. The third-order valence-electron chi connectivity index (χ3n) is 2.49. The molecule has 0 spiro atoms. The van der Waals surface area contributed by atoms with Crippen LogP contribution in [0, 0.1) is 0 Å². The molecule has 2 aromatic rings. The van der Waals surface area contributed by atoms with E-state index in [2.05, 4.69) is 42.2 Å². The molecule has 0 aliphatic carbocycles. The Morgan fingerprint density at radius 2 is 1.84 bits per heavy atom. The molecule has 0 amide bonds. The fraction of sp³-hybridized carbons (Fsp3) is 0.167. The number of rotatable bonds is 4. The Morgan fingerprint density at radius 3 is 2.53 bits per heavy atom. The first-order valence-electron chi connectivity index (χ1n) is 5.55. The van der Waals surface area contributed by atoms with Crippen molar-refractivity contribution < 1.29 is 0 Å². The quantitative estimate of drug-likeness (QED) is 0.843. The summed E-state index contributed by atoms with van der Waals surface area (Å²) < 4.78 is 2.80. The predicted molar refractivity (Wildman–Crippen MR) is 81.7 cm³/mol. The van der Waals surface area contributed by atoms with Crippen LogP contribution in [0.5, 0.6) is 0 Å². The van der Waals surface area contributed by atoms with Crippen LogP contribution in [-0.2, 0) is 6.54 Å². The Morgan fingerprint density at radius 1 is 1.16 bits per heavy atom. The Kier molecular flexibility index (Phi) is 4.60. The highest BCUT2D eigenvalue weighted by Crippen LogP contribution is 2.13. The van der Waals surface area contributed by atoms with Crippen molar-refractivity contribution in [3.05, 3.63) is 60.2 Å². The first-order chi connectivity index (χ1) is 9.06. The van der Waals surface area contributed by atoms with Crippen molar-refractivity contribution in [1.29, 1.82) is 0 Å². The summed E-state index contributed by atoms with van der Waals surface area (Å²) in [7, 11) is 0. The summed E-state index contributed by atoms with van der Waals surface area (Å²) in [4.78, 5) is 24.9. The molecular weight excluding hydrogens is 378 g/mol. The van der Waals surface area contributed by atoms with Gasteiger partial charge in [0.05, 0.1) is 4.47 Å². The van der Waals surface area contributed by atoms with E-state index in [9.17, 15) is 9.59 Å². The average molecular weight is 389 g/mol. The van der Waals surface area contributed by atoms with Crippen LogP contribution in [-0.4, -0.2) is 16.1 Å². The minimum atomic E-state index is -0.415. The molecule has 0 atom stereocenters. The smallest absolute Gasteiger partial charge is 0.328 e. The SMILES string of the molecule is O=c1[nH]c(=O)n(CCNc2ccc(Br)cc2)cc1Br. The summed E-state index contributed by atoms with van der Waals surface area (Å²) >= 11 is 6.46. The van der Waals surface area contributed by atoms with Gasteiger partial charge in [-0.2, -0.15) is 0 Å². The molecule has 0 fully saturated rings. The average Bonchev–Trinajstić information content (AvgIpc) is 2.38. The van der Waals surface area contributed by atoms with Gasteiger partial charge in [0.1, 0.15) is 0 Å². The molecule has 1 heterocycles. The zero-order chi connectivity index (χ0) is 13.8. The first-order valence-corrected chi connectivity index (χ1v) is 7.13. The van der Waals surface area contributed by atoms with Gasteiger partial charge < -0.3 is 5.32 Å². The van der Waals surface area contributed by atoms with E-state index in [0.29, 0.717) is 17.6 Å². The lowest BCUT2D eigenvalue weighted by Crippen LogP contribution is -2.31. The molecule has 0 saturated carbocycles. The Bertz CT molecular complexity index is 677. The summed E-state index contributed by atoms with van der Waals surface area (Å²) in [6, 6.07) is 7.75. The van der Waals surface area contributed by atoms with Crippen molar-refractivity contribution in [2.24, 2.45) is 0 Å². The third kappa shape index (κ3) is 3.81. The number of benzene rings is 1. The summed E-state index contributed by atoms with van der Waals surface area (Å²) in [5.74, 6) is 0. The lowest BCUT2D eigenvalue weighted by atomic mass is 10.3. The van der Waals surface area contributed by atoms with E-state index in [1.165, 1.54) is 10.8 Å². The van der Waals surface area contributed by atoms with Crippen molar-refractivity contribution in [3.63, 3.8) is 0 Å². The van der Waals surface area contributed by atoms with Gasteiger partial charge in [-0.05, 0) is 40.2 Å². The minimum absolute atomic E-state index is 0.343. The second-order valence-corrected chi connectivity index (χ2v) is 5.63. The largest absolute Gasteiger partial charge is 0.383 e. The molecule has 100 valence electrons. The molecule has 2 N–H and O–H groups in total. The number of halogens is 2. The number of H-pyrrole nitrogens is 1. The van der Waals surface area contributed by atoms with Crippen molar-refractivity contribution in [3.8, 4) is 0 Å².